The number of carboxylic acid groups (broad SMARTS) is 1. The zero-order valence-corrected chi connectivity index (χ0v) is 13.4. The van der Waals surface area contributed by atoms with Crippen molar-refractivity contribution < 1.29 is 14.7 Å². The summed E-state index contributed by atoms with van der Waals surface area (Å²) in [7, 11) is 0. The van der Waals surface area contributed by atoms with Gasteiger partial charge < -0.3 is 5.11 Å². The molecule has 0 fully saturated rings. The largest absolute Gasteiger partial charge is 0.478 e. The van der Waals surface area contributed by atoms with Gasteiger partial charge in [0.1, 0.15) is 0 Å². The summed E-state index contributed by atoms with van der Waals surface area (Å²) in [4.78, 5) is 23.8. The van der Waals surface area contributed by atoms with Gasteiger partial charge in [-0.3, -0.25) is 4.79 Å². The van der Waals surface area contributed by atoms with E-state index >= 15 is 0 Å². The Labute approximate surface area is 139 Å². The van der Waals surface area contributed by atoms with Gasteiger partial charge in [0.15, 0.2) is 0 Å². The van der Waals surface area contributed by atoms with Gasteiger partial charge in [-0.2, -0.15) is 10.1 Å². The molecule has 24 heavy (non-hydrogen) atoms. The molecule has 1 N–H and O–H groups in total. The van der Waals surface area contributed by atoms with Gasteiger partial charge in [-0.05, 0) is 43.7 Å². The van der Waals surface area contributed by atoms with Gasteiger partial charge in [-0.1, -0.05) is 35.9 Å². The number of nitrogens with zero attached hydrogens (tertiary/aromatic N) is 2. The van der Waals surface area contributed by atoms with E-state index < -0.39 is 5.97 Å². The van der Waals surface area contributed by atoms with Crippen molar-refractivity contribution >= 4 is 29.4 Å². The first-order valence-corrected chi connectivity index (χ1v) is 7.47. The first-order chi connectivity index (χ1) is 11.5. The Balaban J connectivity index is 1.94. The Hall–Kier alpha value is -3.21. The number of carboxylic acids is 1. The molecule has 5 nitrogen and oxygen atoms in total. The van der Waals surface area contributed by atoms with Gasteiger partial charge in [0.2, 0.25) is 0 Å². The molecule has 0 radical (unpaired) electrons. The van der Waals surface area contributed by atoms with E-state index in [4.69, 9.17) is 5.11 Å². The van der Waals surface area contributed by atoms with Crippen molar-refractivity contribution in [3.05, 3.63) is 70.8 Å². The van der Waals surface area contributed by atoms with Crippen LogP contribution in [0.25, 0.3) is 6.08 Å². The zero-order valence-electron chi connectivity index (χ0n) is 13.4. The number of aromatic carboxylic acids is 1. The number of carbonyl (C=O) groups is 2. The minimum Gasteiger partial charge on any atom is -0.478 e. The van der Waals surface area contributed by atoms with Crippen molar-refractivity contribution in [3.63, 3.8) is 0 Å². The molecule has 0 aromatic heterocycles. The standard InChI is InChI=1S/C19H16N2O3/c1-12-6-8-14(9-7-12)10-17-13(2)20-21(18(17)22)16-5-3-4-15(11-16)19(23)24/h3-11H,1-2H3,(H,23,24)/b17-10-. The fourth-order valence-corrected chi connectivity index (χ4v) is 2.46. The summed E-state index contributed by atoms with van der Waals surface area (Å²) < 4.78 is 0. The Morgan fingerprint density at radius 2 is 1.83 bits per heavy atom. The molecule has 3 rings (SSSR count). The number of anilines is 1. The molecule has 120 valence electrons. The van der Waals surface area contributed by atoms with Crippen molar-refractivity contribution in [1.29, 1.82) is 0 Å². The van der Waals surface area contributed by atoms with Crippen molar-refractivity contribution in [3.8, 4) is 0 Å². The highest BCUT2D eigenvalue weighted by molar-refractivity contribution is 6.32. The van der Waals surface area contributed by atoms with Crippen LogP contribution in [0.15, 0.2) is 59.2 Å². The number of aryl methyl sites for hydroxylation is 1. The van der Waals surface area contributed by atoms with Gasteiger partial charge in [0.05, 0.1) is 22.5 Å². The van der Waals surface area contributed by atoms with Gasteiger partial charge in [0.25, 0.3) is 5.91 Å². The topological polar surface area (TPSA) is 70.0 Å². The van der Waals surface area contributed by atoms with E-state index in [1.54, 1.807) is 25.1 Å². The summed E-state index contributed by atoms with van der Waals surface area (Å²) >= 11 is 0. The Morgan fingerprint density at radius 1 is 1.12 bits per heavy atom. The van der Waals surface area contributed by atoms with Gasteiger partial charge in [0, 0.05) is 0 Å². The van der Waals surface area contributed by atoms with Crippen LogP contribution in [0.2, 0.25) is 0 Å². The lowest BCUT2D eigenvalue weighted by atomic mass is 10.1. The second kappa shape index (κ2) is 6.12. The molecule has 1 heterocycles. The summed E-state index contributed by atoms with van der Waals surface area (Å²) in [5.74, 6) is -1.31. The molecule has 2 aromatic carbocycles. The molecule has 0 saturated heterocycles. The van der Waals surface area contributed by atoms with Gasteiger partial charge >= 0.3 is 5.97 Å². The number of hydrogen-bond donors (Lipinski definition) is 1. The lowest BCUT2D eigenvalue weighted by molar-refractivity contribution is -0.114. The second-order valence-corrected chi connectivity index (χ2v) is 5.63. The molecular weight excluding hydrogens is 304 g/mol. The minimum atomic E-state index is -1.04. The number of carbonyl (C=O) groups excluding carboxylic acids is 1. The molecule has 0 unspecified atom stereocenters. The summed E-state index contributed by atoms with van der Waals surface area (Å²) in [5.41, 5.74) is 3.71. The van der Waals surface area contributed by atoms with Crippen LogP contribution in [0.5, 0.6) is 0 Å². The van der Waals surface area contributed by atoms with E-state index in [1.807, 2.05) is 31.2 Å². The second-order valence-electron chi connectivity index (χ2n) is 5.63. The van der Waals surface area contributed by atoms with E-state index in [1.165, 1.54) is 17.1 Å². The zero-order chi connectivity index (χ0) is 17.3. The van der Waals surface area contributed by atoms with Crippen molar-refractivity contribution in [1.82, 2.24) is 0 Å². The van der Waals surface area contributed by atoms with Gasteiger partial charge in [-0.25, -0.2) is 4.79 Å². The number of hydrazone groups is 1. The van der Waals surface area contributed by atoms with Crippen LogP contribution < -0.4 is 5.01 Å². The third-order valence-corrected chi connectivity index (χ3v) is 3.79. The minimum absolute atomic E-state index is 0.115. The predicted octanol–water partition coefficient (Wildman–Crippen LogP) is 3.50. The van der Waals surface area contributed by atoms with E-state index in [-0.39, 0.29) is 11.5 Å². The molecule has 1 aliphatic heterocycles. The van der Waals surface area contributed by atoms with Crippen molar-refractivity contribution in [2.24, 2.45) is 5.10 Å². The molecule has 2 aromatic rings. The molecule has 5 heteroatoms. The van der Waals surface area contributed by atoms with Crippen LogP contribution in [0.4, 0.5) is 5.69 Å². The van der Waals surface area contributed by atoms with Crippen LogP contribution in [-0.4, -0.2) is 22.7 Å². The molecule has 0 aliphatic carbocycles. The van der Waals surface area contributed by atoms with Crippen molar-refractivity contribution in [2.45, 2.75) is 13.8 Å². The smallest absolute Gasteiger partial charge is 0.335 e. The maximum atomic E-state index is 12.7. The van der Waals surface area contributed by atoms with Crippen LogP contribution in [0.1, 0.15) is 28.4 Å². The fourth-order valence-electron chi connectivity index (χ4n) is 2.46. The highest BCUT2D eigenvalue weighted by Gasteiger charge is 2.29. The lowest BCUT2D eigenvalue weighted by Crippen LogP contribution is -2.21. The number of benzene rings is 2. The number of rotatable bonds is 3. The molecule has 0 spiro atoms. The van der Waals surface area contributed by atoms with E-state index in [0.29, 0.717) is 17.0 Å². The van der Waals surface area contributed by atoms with E-state index in [0.717, 1.165) is 11.1 Å². The summed E-state index contributed by atoms with van der Waals surface area (Å²) in [6.45, 7) is 3.76. The van der Waals surface area contributed by atoms with Gasteiger partial charge in [-0.15, -0.1) is 0 Å². The third-order valence-electron chi connectivity index (χ3n) is 3.79. The normalized spacial score (nSPS) is 15.8. The van der Waals surface area contributed by atoms with E-state index in [9.17, 15) is 9.59 Å². The molecule has 0 bridgehead atoms. The predicted molar refractivity (Wildman–Crippen MR) is 93.2 cm³/mol. The first-order valence-electron chi connectivity index (χ1n) is 7.47. The summed E-state index contributed by atoms with van der Waals surface area (Å²) in [5, 5.41) is 14.6. The number of hydrogen-bond acceptors (Lipinski definition) is 3. The Bertz CT molecular complexity index is 880. The van der Waals surface area contributed by atoms with Crippen LogP contribution in [0.3, 0.4) is 0 Å². The Morgan fingerprint density at radius 3 is 2.50 bits per heavy atom. The maximum Gasteiger partial charge on any atom is 0.335 e. The third kappa shape index (κ3) is 2.96. The fraction of sp³-hybridized carbons (Fsp3) is 0.105. The van der Waals surface area contributed by atoms with Crippen LogP contribution in [0, 0.1) is 6.92 Å². The highest BCUT2D eigenvalue weighted by atomic mass is 16.4. The monoisotopic (exact) mass is 320 g/mol. The highest BCUT2D eigenvalue weighted by Crippen LogP contribution is 2.25. The summed E-state index contributed by atoms with van der Waals surface area (Å²) in [6, 6.07) is 14.0. The molecule has 0 atom stereocenters. The average molecular weight is 320 g/mol. The molecule has 0 saturated carbocycles. The van der Waals surface area contributed by atoms with Crippen LogP contribution in [-0.2, 0) is 4.79 Å². The maximum absolute atomic E-state index is 12.7. The van der Waals surface area contributed by atoms with Crippen molar-refractivity contribution in [2.75, 3.05) is 5.01 Å². The van der Waals surface area contributed by atoms with E-state index in [2.05, 4.69) is 5.10 Å². The molecular formula is C19H16N2O3. The van der Waals surface area contributed by atoms with Crippen LogP contribution >= 0.6 is 0 Å². The molecule has 1 amide bonds. The average Bonchev–Trinajstić information content (AvgIpc) is 2.85. The quantitative estimate of drug-likeness (QED) is 0.880. The Kier molecular flexibility index (Phi) is 4.00. The SMILES string of the molecule is CC1=NN(c2cccc(C(=O)O)c2)C(=O)/C1=C\c1ccc(C)cc1. The lowest BCUT2D eigenvalue weighted by Gasteiger charge is -2.12. The number of amides is 1. The summed E-state index contributed by atoms with van der Waals surface area (Å²) in [6.07, 6.45) is 1.79. The first kappa shape index (κ1) is 15.7. The molecule has 1 aliphatic rings.